The Morgan fingerprint density at radius 3 is 2.90 bits per heavy atom. The molecule has 8 heteroatoms. The molecule has 1 aliphatic rings. The minimum atomic E-state index is 0. The van der Waals surface area contributed by atoms with Crippen LogP contribution in [0.3, 0.4) is 0 Å². The highest BCUT2D eigenvalue weighted by molar-refractivity contribution is 14.0. The van der Waals surface area contributed by atoms with Crippen molar-refractivity contribution in [1.82, 2.24) is 15.6 Å². The molecule has 1 aromatic heterocycles. The molecule has 0 aliphatic carbocycles. The first kappa shape index (κ1) is 23.9. The van der Waals surface area contributed by atoms with Crippen LogP contribution in [-0.4, -0.2) is 37.3 Å². The van der Waals surface area contributed by atoms with E-state index in [1.165, 1.54) is 10.4 Å². The fourth-order valence-electron chi connectivity index (χ4n) is 3.00. The summed E-state index contributed by atoms with van der Waals surface area (Å²) in [6, 6.07) is 6.31. The lowest BCUT2D eigenvalue weighted by Gasteiger charge is -2.15. The van der Waals surface area contributed by atoms with Gasteiger partial charge in [-0.05, 0) is 38.8 Å². The van der Waals surface area contributed by atoms with Crippen molar-refractivity contribution in [3.05, 3.63) is 45.4 Å². The second-order valence-electron chi connectivity index (χ2n) is 7.07. The van der Waals surface area contributed by atoms with Gasteiger partial charge < -0.3 is 20.1 Å². The summed E-state index contributed by atoms with van der Waals surface area (Å²) in [6.45, 7) is 10.6. The average molecular weight is 530 g/mol. The van der Waals surface area contributed by atoms with Crippen LogP contribution in [0.15, 0.2) is 29.4 Å². The van der Waals surface area contributed by atoms with Crippen molar-refractivity contribution in [2.75, 3.05) is 26.4 Å². The molecule has 160 valence electrons. The van der Waals surface area contributed by atoms with E-state index in [0.717, 1.165) is 48.5 Å². The van der Waals surface area contributed by atoms with Gasteiger partial charge in [-0.15, -0.1) is 35.3 Å². The Labute approximate surface area is 194 Å². The molecule has 2 N–H and O–H groups in total. The zero-order valence-electron chi connectivity index (χ0n) is 17.4. The van der Waals surface area contributed by atoms with E-state index in [-0.39, 0.29) is 24.0 Å². The summed E-state index contributed by atoms with van der Waals surface area (Å²) in [5.41, 5.74) is 2.28. The molecule has 1 fully saturated rings. The normalized spacial score (nSPS) is 16.4. The molecule has 6 nitrogen and oxygen atoms in total. The third kappa shape index (κ3) is 7.75. The first-order chi connectivity index (χ1) is 13.6. The molecule has 2 aromatic rings. The van der Waals surface area contributed by atoms with E-state index >= 15 is 0 Å². The third-order valence-corrected chi connectivity index (χ3v) is 5.46. The minimum Gasteiger partial charge on any atom is -0.493 e. The Hall–Kier alpha value is -1.39. The molecular weight excluding hydrogens is 499 g/mol. The maximum atomic E-state index is 6.13. The highest BCUT2D eigenvalue weighted by atomic mass is 127. The molecule has 0 spiro atoms. The van der Waals surface area contributed by atoms with Crippen molar-refractivity contribution in [1.29, 1.82) is 0 Å². The van der Waals surface area contributed by atoms with Crippen LogP contribution >= 0.6 is 35.3 Å². The Morgan fingerprint density at radius 1 is 1.34 bits per heavy atom. The molecule has 1 aromatic carbocycles. The van der Waals surface area contributed by atoms with E-state index in [4.69, 9.17) is 14.5 Å². The average Bonchev–Trinajstić information content (AvgIpc) is 3.35. The summed E-state index contributed by atoms with van der Waals surface area (Å²) in [5.74, 6) is 2.19. The minimum absolute atomic E-state index is 0. The number of aromatic nitrogens is 1. The van der Waals surface area contributed by atoms with Crippen LogP contribution in [0.4, 0.5) is 0 Å². The zero-order valence-corrected chi connectivity index (χ0v) is 20.5. The molecule has 0 bridgehead atoms. The number of guanidine groups is 1. The fraction of sp³-hybridized carbons (Fsp3) is 0.524. The Balaban J connectivity index is 0.00000300. The highest BCUT2D eigenvalue weighted by Crippen LogP contribution is 2.23. The quantitative estimate of drug-likeness (QED) is 0.306. The lowest BCUT2D eigenvalue weighted by molar-refractivity contribution is 0.166. The smallest absolute Gasteiger partial charge is 0.191 e. The van der Waals surface area contributed by atoms with Crippen LogP contribution < -0.4 is 15.4 Å². The SMILES string of the molecule is CCNC(=NCc1ccc(C)cc1OCC1CCOC1)NCc1ncc(C)s1.I. The van der Waals surface area contributed by atoms with Gasteiger partial charge >= 0.3 is 0 Å². The Bertz CT molecular complexity index is 791. The molecule has 0 radical (unpaired) electrons. The first-order valence-corrected chi connectivity index (χ1v) is 10.7. The monoisotopic (exact) mass is 530 g/mol. The lowest BCUT2D eigenvalue weighted by atomic mass is 10.1. The van der Waals surface area contributed by atoms with Gasteiger partial charge in [0.2, 0.25) is 0 Å². The molecule has 1 atom stereocenters. The summed E-state index contributed by atoms with van der Waals surface area (Å²) < 4.78 is 11.6. The summed E-state index contributed by atoms with van der Waals surface area (Å²) in [6.07, 6.45) is 2.97. The van der Waals surface area contributed by atoms with E-state index in [2.05, 4.69) is 54.6 Å². The van der Waals surface area contributed by atoms with Crippen molar-refractivity contribution in [2.45, 2.75) is 40.3 Å². The van der Waals surface area contributed by atoms with E-state index < -0.39 is 0 Å². The highest BCUT2D eigenvalue weighted by Gasteiger charge is 2.17. The molecule has 29 heavy (non-hydrogen) atoms. The second kappa shape index (κ2) is 12.3. The van der Waals surface area contributed by atoms with Gasteiger partial charge in [0.15, 0.2) is 5.96 Å². The van der Waals surface area contributed by atoms with Gasteiger partial charge in [0.05, 0.1) is 26.3 Å². The number of hydrogen-bond donors (Lipinski definition) is 2. The number of ether oxygens (including phenoxy) is 2. The third-order valence-electron chi connectivity index (χ3n) is 4.55. The van der Waals surface area contributed by atoms with E-state index in [1.54, 1.807) is 11.3 Å². The van der Waals surface area contributed by atoms with Crippen molar-refractivity contribution >= 4 is 41.3 Å². The van der Waals surface area contributed by atoms with Gasteiger partial charge in [-0.3, -0.25) is 0 Å². The molecule has 0 saturated carbocycles. The van der Waals surface area contributed by atoms with Gasteiger partial charge in [0.1, 0.15) is 10.8 Å². The van der Waals surface area contributed by atoms with Gasteiger partial charge in [0.25, 0.3) is 0 Å². The molecule has 2 heterocycles. The number of halogens is 1. The number of nitrogens with zero attached hydrogens (tertiary/aromatic N) is 2. The topological polar surface area (TPSA) is 67.8 Å². The van der Waals surface area contributed by atoms with Crippen LogP contribution in [0.2, 0.25) is 0 Å². The van der Waals surface area contributed by atoms with E-state index in [0.29, 0.717) is 25.6 Å². The molecule has 3 rings (SSSR count). The van der Waals surface area contributed by atoms with Gasteiger partial charge in [-0.2, -0.15) is 0 Å². The molecule has 1 unspecified atom stereocenters. The standard InChI is InChI=1S/C21H30N4O2S.HI/c1-4-22-21(25-12-20-23-10-16(3)28-20)24-11-18-6-5-15(2)9-19(18)27-14-17-7-8-26-13-17;/h5-6,9-10,17H,4,7-8,11-14H2,1-3H3,(H2,22,24,25);1H. The molecular formula is C21H31IN4O2S. The first-order valence-electron chi connectivity index (χ1n) is 9.87. The number of aliphatic imine (C=N–C) groups is 1. The van der Waals surface area contributed by atoms with Crippen LogP contribution in [0.5, 0.6) is 5.75 Å². The second-order valence-corrected chi connectivity index (χ2v) is 8.38. The van der Waals surface area contributed by atoms with Gasteiger partial charge in [-0.25, -0.2) is 9.98 Å². The van der Waals surface area contributed by atoms with Crippen molar-refractivity contribution < 1.29 is 9.47 Å². The van der Waals surface area contributed by atoms with Crippen LogP contribution in [-0.2, 0) is 17.8 Å². The largest absolute Gasteiger partial charge is 0.493 e. The van der Waals surface area contributed by atoms with Crippen molar-refractivity contribution in [3.8, 4) is 5.75 Å². The zero-order chi connectivity index (χ0) is 19.8. The Kier molecular flexibility index (Phi) is 10.2. The van der Waals surface area contributed by atoms with Crippen molar-refractivity contribution in [3.63, 3.8) is 0 Å². The number of nitrogens with one attached hydrogen (secondary N) is 2. The number of thiazole rings is 1. The fourth-order valence-corrected chi connectivity index (χ4v) is 3.72. The number of aryl methyl sites for hydroxylation is 2. The van der Waals surface area contributed by atoms with E-state index in [9.17, 15) is 0 Å². The molecule has 1 aliphatic heterocycles. The summed E-state index contributed by atoms with van der Waals surface area (Å²) in [7, 11) is 0. The van der Waals surface area contributed by atoms with Crippen LogP contribution in [0.25, 0.3) is 0 Å². The summed E-state index contributed by atoms with van der Waals surface area (Å²) in [4.78, 5) is 10.4. The predicted molar refractivity (Wildman–Crippen MR) is 130 cm³/mol. The molecule has 1 saturated heterocycles. The van der Waals surface area contributed by atoms with Crippen LogP contribution in [0.1, 0.15) is 34.4 Å². The van der Waals surface area contributed by atoms with Crippen LogP contribution in [0, 0.1) is 19.8 Å². The van der Waals surface area contributed by atoms with Gasteiger partial charge in [-0.1, -0.05) is 12.1 Å². The molecule has 0 amide bonds. The van der Waals surface area contributed by atoms with E-state index in [1.807, 2.05) is 6.20 Å². The van der Waals surface area contributed by atoms with Crippen molar-refractivity contribution in [2.24, 2.45) is 10.9 Å². The lowest BCUT2D eigenvalue weighted by Crippen LogP contribution is -2.36. The van der Waals surface area contributed by atoms with Gasteiger partial charge in [0, 0.05) is 35.7 Å². The maximum Gasteiger partial charge on any atom is 0.191 e. The predicted octanol–water partition coefficient (Wildman–Crippen LogP) is 4.05. The number of benzene rings is 1. The number of rotatable bonds is 8. The maximum absolute atomic E-state index is 6.13. The summed E-state index contributed by atoms with van der Waals surface area (Å²) in [5, 5.41) is 7.71. The number of hydrogen-bond acceptors (Lipinski definition) is 5. The summed E-state index contributed by atoms with van der Waals surface area (Å²) >= 11 is 1.70. The Morgan fingerprint density at radius 2 is 2.21 bits per heavy atom.